The molecule has 10 heteroatoms. The standard InChI is InChI=1S/C23H22N4O4.C4H9NO/c1-25-14-17-19(20(23(25)30)26-10-12-31-13-11-26)22(29)27(21(17)28)9-8-16-7-6-15-4-2-3-5-18(15)24-16;1-3-6-4-2-5-1/h2-7,14H,8-13H2,1H3;5H,1-4H2. The number of anilines is 1. The topological polar surface area (TPSA) is 106 Å². The maximum atomic E-state index is 13.2. The normalized spacial score (nSPS) is 17.5. The monoisotopic (exact) mass is 505 g/mol. The van der Waals surface area contributed by atoms with E-state index >= 15 is 0 Å². The number of benzene rings is 1. The quantitative estimate of drug-likeness (QED) is 0.528. The highest BCUT2D eigenvalue weighted by molar-refractivity contribution is 6.23. The minimum Gasteiger partial charge on any atom is -0.379 e. The van der Waals surface area contributed by atoms with Crippen molar-refractivity contribution in [3.05, 3.63) is 69.8 Å². The molecule has 0 bridgehead atoms. The summed E-state index contributed by atoms with van der Waals surface area (Å²) in [7, 11) is 1.60. The first-order valence-electron chi connectivity index (χ1n) is 12.6. The molecule has 1 aromatic carbocycles. The van der Waals surface area contributed by atoms with E-state index in [0.717, 1.165) is 42.9 Å². The molecule has 2 amide bonds. The van der Waals surface area contributed by atoms with Gasteiger partial charge in [0.1, 0.15) is 5.69 Å². The number of imide groups is 1. The summed E-state index contributed by atoms with van der Waals surface area (Å²) in [5.41, 5.74) is 2.19. The summed E-state index contributed by atoms with van der Waals surface area (Å²) in [6.07, 6.45) is 1.91. The van der Waals surface area contributed by atoms with E-state index in [1.165, 1.54) is 15.7 Å². The van der Waals surface area contributed by atoms with Crippen LogP contribution in [0.2, 0.25) is 0 Å². The molecule has 0 atom stereocenters. The molecule has 0 spiro atoms. The second kappa shape index (κ2) is 11.2. The van der Waals surface area contributed by atoms with Gasteiger partial charge < -0.3 is 24.3 Å². The van der Waals surface area contributed by atoms with Crippen LogP contribution >= 0.6 is 0 Å². The second-order valence-electron chi connectivity index (χ2n) is 9.15. The molecule has 6 rings (SSSR count). The number of pyridine rings is 2. The molecule has 3 aliphatic rings. The Balaban J connectivity index is 0.000000412. The molecule has 0 radical (unpaired) electrons. The number of para-hydroxylation sites is 1. The van der Waals surface area contributed by atoms with E-state index in [-0.39, 0.29) is 29.1 Å². The number of ether oxygens (including phenoxy) is 2. The summed E-state index contributed by atoms with van der Waals surface area (Å²) in [6, 6.07) is 11.7. The van der Waals surface area contributed by atoms with Crippen LogP contribution in [0.5, 0.6) is 0 Å². The van der Waals surface area contributed by atoms with Crippen molar-refractivity contribution in [2.75, 3.05) is 64.1 Å². The summed E-state index contributed by atoms with van der Waals surface area (Å²) in [4.78, 5) is 46.9. The Kier molecular flexibility index (Phi) is 7.59. The minimum absolute atomic E-state index is 0.206. The number of carbonyl (C=O) groups is 2. The average molecular weight is 506 g/mol. The summed E-state index contributed by atoms with van der Waals surface area (Å²) in [5.74, 6) is -0.786. The Labute approximate surface area is 214 Å². The highest BCUT2D eigenvalue weighted by Crippen LogP contribution is 2.29. The van der Waals surface area contributed by atoms with E-state index in [4.69, 9.17) is 9.47 Å². The Bertz CT molecular complexity index is 1350. The number of morpholine rings is 2. The van der Waals surface area contributed by atoms with E-state index < -0.39 is 5.91 Å². The van der Waals surface area contributed by atoms with E-state index in [2.05, 4.69) is 10.3 Å². The van der Waals surface area contributed by atoms with Gasteiger partial charge in [-0.25, -0.2) is 0 Å². The maximum Gasteiger partial charge on any atom is 0.274 e. The zero-order valence-electron chi connectivity index (χ0n) is 20.9. The molecule has 1 N–H and O–H groups in total. The lowest BCUT2D eigenvalue weighted by atomic mass is 10.1. The zero-order valence-corrected chi connectivity index (χ0v) is 20.9. The zero-order chi connectivity index (χ0) is 25.8. The fourth-order valence-electron chi connectivity index (χ4n) is 4.74. The summed E-state index contributed by atoms with van der Waals surface area (Å²) >= 11 is 0. The first-order chi connectivity index (χ1) is 18.0. The summed E-state index contributed by atoms with van der Waals surface area (Å²) in [5, 5.41) is 4.20. The Morgan fingerprint density at radius 3 is 2.35 bits per heavy atom. The van der Waals surface area contributed by atoms with Crippen molar-refractivity contribution in [1.82, 2.24) is 19.8 Å². The molecule has 3 aromatic rings. The molecule has 5 heterocycles. The third kappa shape index (κ3) is 5.27. The number of amides is 2. The fraction of sp³-hybridized carbons (Fsp3) is 0.407. The van der Waals surface area contributed by atoms with Crippen molar-refractivity contribution in [3.63, 3.8) is 0 Å². The van der Waals surface area contributed by atoms with Crippen molar-refractivity contribution >= 4 is 28.4 Å². The predicted octanol–water partition coefficient (Wildman–Crippen LogP) is 1.22. The lowest BCUT2D eigenvalue weighted by Gasteiger charge is -2.29. The molecule has 194 valence electrons. The molecule has 2 saturated heterocycles. The third-order valence-corrected chi connectivity index (χ3v) is 6.71. The summed E-state index contributed by atoms with van der Waals surface area (Å²) < 4.78 is 11.8. The number of nitrogens with zero attached hydrogens (tertiary/aromatic N) is 4. The van der Waals surface area contributed by atoms with Crippen LogP contribution in [0.3, 0.4) is 0 Å². The average Bonchev–Trinajstić information content (AvgIpc) is 3.18. The molecule has 2 aromatic heterocycles. The van der Waals surface area contributed by atoms with E-state index in [9.17, 15) is 14.4 Å². The van der Waals surface area contributed by atoms with Crippen molar-refractivity contribution < 1.29 is 19.1 Å². The van der Waals surface area contributed by atoms with Gasteiger partial charge in [-0.3, -0.25) is 24.3 Å². The van der Waals surface area contributed by atoms with Gasteiger partial charge in [-0.2, -0.15) is 0 Å². The Morgan fingerprint density at radius 1 is 0.919 bits per heavy atom. The lowest BCUT2D eigenvalue weighted by molar-refractivity contribution is 0.0655. The predicted molar refractivity (Wildman–Crippen MR) is 139 cm³/mol. The molecule has 0 unspecified atom stereocenters. The molecule has 3 aliphatic heterocycles. The number of hydrogen-bond donors (Lipinski definition) is 1. The summed E-state index contributed by atoms with van der Waals surface area (Å²) in [6.45, 7) is 6.01. The minimum atomic E-state index is -0.417. The molecule has 0 aliphatic carbocycles. The van der Waals surface area contributed by atoms with E-state index in [1.807, 2.05) is 41.3 Å². The fourth-order valence-corrected chi connectivity index (χ4v) is 4.74. The number of aryl methyl sites for hydroxylation is 1. The van der Waals surface area contributed by atoms with Crippen LogP contribution in [0.4, 0.5) is 5.69 Å². The molecule has 10 nitrogen and oxygen atoms in total. The van der Waals surface area contributed by atoms with Crippen molar-refractivity contribution in [2.45, 2.75) is 6.42 Å². The molecular formula is C27H31N5O5. The van der Waals surface area contributed by atoms with Gasteiger partial charge in [0.05, 0.1) is 43.1 Å². The first-order valence-corrected chi connectivity index (χ1v) is 12.6. The van der Waals surface area contributed by atoms with Gasteiger partial charge in [-0.1, -0.05) is 24.3 Å². The molecular weight excluding hydrogens is 474 g/mol. The first kappa shape index (κ1) is 25.1. The number of aromatic nitrogens is 2. The van der Waals surface area contributed by atoms with Crippen molar-refractivity contribution in [2.24, 2.45) is 7.05 Å². The van der Waals surface area contributed by atoms with E-state index in [1.54, 1.807) is 7.05 Å². The van der Waals surface area contributed by atoms with Crippen LogP contribution in [0.25, 0.3) is 10.9 Å². The van der Waals surface area contributed by atoms with Crippen LogP contribution in [0, 0.1) is 0 Å². The van der Waals surface area contributed by atoms with Gasteiger partial charge in [0, 0.05) is 63.5 Å². The number of carbonyl (C=O) groups excluding carboxylic acids is 2. The number of hydrogen-bond acceptors (Lipinski definition) is 8. The van der Waals surface area contributed by atoms with Crippen LogP contribution < -0.4 is 15.8 Å². The Morgan fingerprint density at radius 2 is 1.65 bits per heavy atom. The van der Waals surface area contributed by atoms with Crippen molar-refractivity contribution in [1.29, 1.82) is 0 Å². The maximum absolute atomic E-state index is 13.2. The molecule has 37 heavy (non-hydrogen) atoms. The largest absolute Gasteiger partial charge is 0.379 e. The number of nitrogens with one attached hydrogen (secondary N) is 1. The highest BCUT2D eigenvalue weighted by Gasteiger charge is 2.40. The van der Waals surface area contributed by atoms with Crippen molar-refractivity contribution in [3.8, 4) is 0 Å². The SMILES string of the molecule is C1COCCN1.Cn1cc2c(c(N3CCOCC3)c1=O)C(=O)N(CCc1ccc3ccccc3n1)C2=O. The second-order valence-corrected chi connectivity index (χ2v) is 9.15. The molecule has 2 fully saturated rings. The molecule has 0 saturated carbocycles. The smallest absolute Gasteiger partial charge is 0.274 e. The van der Waals surface area contributed by atoms with Crippen LogP contribution in [-0.2, 0) is 22.9 Å². The van der Waals surface area contributed by atoms with Gasteiger partial charge in [-0.15, -0.1) is 0 Å². The van der Waals surface area contributed by atoms with Gasteiger partial charge in [0.15, 0.2) is 0 Å². The van der Waals surface area contributed by atoms with Gasteiger partial charge in [0.25, 0.3) is 17.4 Å². The van der Waals surface area contributed by atoms with Crippen LogP contribution in [-0.4, -0.2) is 85.4 Å². The van der Waals surface area contributed by atoms with Gasteiger partial charge >= 0.3 is 0 Å². The highest BCUT2D eigenvalue weighted by atomic mass is 16.5. The number of fused-ring (bicyclic) bond motifs is 2. The van der Waals surface area contributed by atoms with Crippen LogP contribution in [0.1, 0.15) is 26.4 Å². The number of rotatable bonds is 4. The van der Waals surface area contributed by atoms with Gasteiger partial charge in [0.2, 0.25) is 0 Å². The third-order valence-electron chi connectivity index (χ3n) is 6.71. The Hall–Kier alpha value is -3.60. The lowest BCUT2D eigenvalue weighted by Crippen LogP contribution is -2.41. The van der Waals surface area contributed by atoms with Crippen LogP contribution in [0.15, 0.2) is 47.4 Å². The van der Waals surface area contributed by atoms with E-state index in [0.29, 0.717) is 38.4 Å². The van der Waals surface area contributed by atoms with Gasteiger partial charge in [-0.05, 0) is 12.1 Å².